The van der Waals surface area contributed by atoms with Crippen molar-refractivity contribution in [3.8, 4) is 39.5 Å². The van der Waals surface area contributed by atoms with Gasteiger partial charge in [0.25, 0.3) is 0 Å². The van der Waals surface area contributed by atoms with E-state index in [2.05, 4.69) is 49.3 Å². The van der Waals surface area contributed by atoms with Gasteiger partial charge in [-0.15, -0.1) is 11.3 Å². The number of likely N-dealkylation sites (N-methyl/N-ethyl adjacent to an activating group) is 1. The highest BCUT2D eigenvalue weighted by molar-refractivity contribution is 7.18. The summed E-state index contributed by atoms with van der Waals surface area (Å²) in [6, 6.07) is 13.2. The number of nitrogens with one attached hydrogen (secondary N) is 1. The normalized spacial score (nSPS) is 18.4. The topological polar surface area (TPSA) is 64.4 Å². The summed E-state index contributed by atoms with van der Waals surface area (Å²) < 4.78 is 44.5. The van der Waals surface area contributed by atoms with E-state index in [9.17, 15) is 4.39 Å². The Labute approximate surface area is 259 Å². The molecule has 228 valence electrons. The smallest absolute Gasteiger partial charge is 0.137 e. The van der Waals surface area contributed by atoms with Crippen molar-refractivity contribution >= 4 is 21.4 Å². The van der Waals surface area contributed by atoms with Gasteiger partial charge in [-0.1, -0.05) is 12.1 Å². The molecule has 0 fully saturated rings. The predicted molar refractivity (Wildman–Crippen MR) is 170 cm³/mol. The molecule has 2 aliphatic rings. The molecule has 7 rings (SSSR count). The zero-order chi connectivity index (χ0) is 30.5. The molecular weight excluding hydrogens is 580 g/mol. The van der Waals surface area contributed by atoms with Crippen molar-refractivity contribution in [3.63, 3.8) is 0 Å². The summed E-state index contributed by atoms with van der Waals surface area (Å²) in [5.41, 5.74) is 7.38. The van der Waals surface area contributed by atoms with E-state index < -0.39 is 11.6 Å². The summed E-state index contributed by atoms with van der Waals surface area (Å²) in [7, 11) is 3.71. The van der Waals surface area contributed by atoms with Crippen LogP contribution in [-0.2, 0) is 17.7 Å². The molecule has 3 aromatic heterocycles. The second-order valence-corrected chi connectivity index (χ2v) is 12.5. The van der Waals surface area contributed by atoms with E-state index in [-0.39, 0.29) is 36.6 Å². The van der Waals surface area contributed by atoms with Crippen LogP contribution in [0.3, 0.4) is 0 Å². The fraction of sp³-hybridized carbons (Fsp3) is 0.353. The number of hydrogen-bond acceptors (Lipinski definition) is 7. The van der Waals surface area contributed by atoms with Crippen LogP contribution in [0.4, 0.5) is 8.78 Å². The third kappa shape index (κ3) is 4.99. The van der Waals surface area contributed by atoms with E-state index in [1.54, 1.807) is 7.11 Å². The molecule has 0 aliphatic carbocycles. The minimum Gasteiger partial charge on any atom is -0.490 e. The van der Waals surface area contributed by atoms with Crippen molar-refractivity contribution in [1.29, 1.82) is 0 Å². The van der Waals surface area contributed by atoms with Gasteiger partial charge in [-0.3, -0.25) is 9.58 Å². The number of thiophene rings is 1. The lowest BCUT2D eigenvalue weighted by Crippen LogP contribution is -2.31. The third-order valence-corrected chi connectivity index (χ3v) is 9.89. The van der Waals surface area contributed by atoms with Crippen LogP contribution in [0.2, 0.25) is 0 Å². The maximum atomic E-state index is 16.0. The molecular formula is C34H35F2N5O2S. The first-order chi connectivity index (χ1) is 21.3. The number of rotatable bonds is 7. The monoisotopic (exact) mass is 615 g/mol. The van der Waals surface area contributed by atoms with Crippen LogP contribution < -0.4 is 10.1 Å². The van der Waals surface area contributed by atoms with E-state index in [0.717, 1.165) is 59.2 Å². The predicted octanol–water partition coefficient (Wildman–Crippen LogP) is 7.01. The van der Waals surface area contributed by atoms with Crippen LogP contribution in [0.5, 0.6) is 5.75 Å². The zero-order valence-electron chi connectivity index (χ0n) is 25.3. The zero-order valence-corrected chi connectivity index (χ0v) is 26.1. The van der Waals surface area contributed by atoms with E-state index >= 15 is 4.39 Å². The Morgan fingerprint density at radius 3 is 2.70 bits per heavy atom. The highest BCUT2D eigenvalue weighted by atomic mass is 32.1. The minimum atomic E-state index is -0.715. The van der Waals surface area contributed by atoms with Crippen molar-refractivity contribution in [2.45, 2.75) is 38.9 Å². The second-order valence-electron chi connectivity index (χ2n) is 11.6. The summed E-state index contributed by atoms with van der Waals surface area (Å²) in [5.74, 6) is -1.32. The van der Waals surface area contributed by atoms with Gasteiger partial charge in [-0.25, -0.2) is 13.8 Å². The van der Waals surface area contributed by atoms with Gasteiger partial charge in [0.15, 0.2) is 0 Å². The second kappa shape index (κ2) is 11.7. The Morgan fingerprint density at radius 2 is 1.89 bits per heavy atom. The van der Waals surface area contributed by atoms with E-state index in [0.29, 0.717) is 17.0 Å². The van der Waals surface area contributed by atoms with Crippen molar-refractivity contribution < 1.29 is 18.3 Å². The Morgan fingerprint density at radius 1 is 1.02 bits per heavy atom. The Balaban J connectivity index is 1.50. The van der Waals surface area contributed by atoms with Crippen LogP contribution in [0.1, 0.15) is 42.8 Å². The molecule has 0 amide bonds. The Kier molecular flexibility index (Phi) is 7.70. The van der Waals surface area contributed by atoms with E-state index in [1.807, 2.05) is 22.2 Å². The molecule has 5 heterocycles. The molecule has 44 heavy (non-hydrogen) atoms. The minimum absolute atomic E-state index is 0.105. The fourth-order valence-electron chi connectivity index (χ4n) is 6.46. The van der Waals surface area contributed by atoms with Crippen LogP contribution >= 0.6 is 11.3 Å². The summed E-state index contributed by atoms with van der Waals surface area (Å²) in [6.45, 7) is 7.30. The van der Waals surface area contributed by atoms with Gasteiger partial charge in [0.2, 0.25) is 0 Å². The molecule has 0 radical (unpaired) electrons. The van der Waals surface area contributed by atoms with Gasteiger partial charge in [0.1, 0.15) is 35.4 Å². The molecule has 0 spiro atoms. The average molecular weight is 616 g/mol. The fourth-order valence-corrected chi connectivity index (χ4v) is 7.40. The third-order valence-electron chi connectivity index (χ3n) is 8.96. The lowest BCUT2D eigenvalue weighted by molar-refractivity contribution is 0.146. The van der Waals surface area contributed by atoms with Crippen LogP contribution in [-0.4, -0.2) is 60.1 Å². The maximum Gasteiger partial charge on any atom is 0.137 e. The lowest BCUT2D eigenvalue weighted by atomic mass is 9.90. The van der Waals surface area contributed by atoms with E-state index in [1.165, 1.54) is 28.5 Å². The number of halogens is 2. The van der Waals surface area contributed by atoms with E-state index in [4.69, 9.17) is 19.6 Å². The summed E-state index contributed by atoms with van der Waals surface area (Å²) >= 11 is 1.51. The SMILES string of the molecule is COCCOc1cc(F)cc(F)c1-c1c(-c2cc3n(n2)CCN[C@@H]3C)nc(-c2ccc3c(c2)[C@H](C)N(C)CC3)c2ccsc12. The molecule has 2 atom stereocenters. The largest absolute Gasteiger partial charge is 0.490 e. The maximum absolute atomic E-state index is 16.0. The number of hydrogen-bond donors (Lipinski definition) is 1. The van der Waals surface area contributed by atoms with Gasteiger partial charge >= 0.3 is 0 Å². The highest BCUT2D eigenvalue weighted by Gasteiger charge is 2.29. The Hall–Kier alpha value is -3.70. The van der Waals surface area contributed by atoms with Gasteiger partial charge < -0.3 is 14.8 Å². The molecule has 10 heteroatoms. The molecule has 7 nitrogen and oxygen atoms in total. The van der Waals surface area contributed by atoms with Gasteiger partial charge in [0.05, 0.1) is 30.1 Å². The van der Waals surface area contributed by atoms with Gasteiger partial charge in [-0.2, -0.15) is 5.10 Å². The first kappa shape index (κ1) is 29.0. The van der Waals surface area contributed by atoms with Gasteiger partial charge in [0, 0.05) is 65.6 Å². The van der Waals surface area contributed by atoms with Gasteiger partial charge in [-0.05, 0) is 62.0 Å². The first-order valence-electron chi connectivity index (χ1n) is 15.0. The first-order valence-corrected chi connectivity index (χ1v) is 15.9. The number of pyridine rings is 1. The van der Waals surface area contributed by atoms with Crippen molar-refractivity contribution in [1.82, 2.24) is 25.0 Å². The average Bonchev–Trinajstić information content (AvgIpc) is 3.67. The molecule has 0 unspecified atom stereocenters. The molecule has 0 bridgehead atoms. The number of fused-ring (bicyclic) bond motifs is 3. The van der Waals surface area contributed by atoms with Crippen LogP contribution in [0, 0.1) is 11.6 Å². The molecule has 2 aromatic carbocycles. The number of ether oxygens (including phenoxy) is 2. The lowest BCUT2D eigenvalue weighted by Gasteiger charge is -2.32. The summed E-state index contributed by atoms with van der Waals surface area (Å²) in [5, 5.41) is 11.4. The number of methoxy groups -OCH3 is 1. The molecule has 5 aromatic rings. The number of aromatic nitrogens is 3. The quantitative estimate of drug-likeness (QED) is 0.199. The number of benzene rings is 2. The molecule has 0 saturated carbocycles. The van der Waals surface area contributed by atoms with Crippen molar-refractivity contribution in [2.75, 3.05) is 40.5 Å². The summed E-state index contributed by atoms with van der Waals surface area (Å²) in [4.78, 5) is 7.67. The summed E-state index contributed by atoms with van der Waals surface area (Å²) in [6.07, 6.45) is 1.00. The standard InChI is InChI=1S/C34H35F2N5O2S/c1-19-28-18-27(39-41(28)11-9-37-19)33-31(30-26(36)16-23(35)17-29(30)43-13-12-42-4)34-24(8-14-44-34)32(38-33)22-6-5-21-7-10-40(3)20(2)25(21)15-22/h5-6,8,14-20,37H,7,9-13H2,1-4H3/t19-,20+/m1/s1. The molecule has 2 aliphatic heterocycles. The van der Waals surface area contributed by atoms with Crippen molar-refractivity contribution in [2.24, 2.45) is 0 Å². The highest BCUT2D eigenvalue weighted by Crippen LogP contribution is 2.47. The van der Waals surface area contributed by atoms with Crippen molar-refractivity contribution in [3.05, 3.63) is 76.3 Å². The Bertz CT molecular complexity index is 1870. The van der Waals surface area contributed by atoms with Crippen LogP contribution in [0.25, 0.3) is 43.9 Å². The molecule has 1 N–H and O–H groups in total. The van der Waals surface area contributed by atoms with Crippen LogP contribution in [0.15, 0.2) is 47.8 Å². The molecule has 0 saturated heterocycles. The number of nitrogens with zero attached hydrogens (tertiary/aromatic N) is 4.